The number of amides is 1. The number of nitrogens with zero attached hydrogens (tertiary/aromatic N) is 2. The first kappa shape index (κ1) is 24.4. The van der Waals surface area contributed by atoms with Gasteiger partial charge in [0.25, 0.3) is 5.91 Å². The summed E-state index contributed by atoms with van der Waals surface area (Å²) in [5.74, 6) is 1.30. The van der Waals surface area contributed by atoms with Crippen molar-refractivity contribution >= 4 is 5.91 Å². The molecule has 0 saturated carbocycles. The van der Waals surface area contributed by atoms with Gasteiger partial charge >= 0.3 is 0 Å². The molecule has 1 atom stereocenters. The Bertz CT molecular complexity index is 1220. The smallest absolute Gasteiger partial charge is 0.273 e. The highest BCUT2D eigenvalue weighted by Gasteiger charge is 2.42. The summed E-state index contributed by atoms with van der Waals surface area (Å²) in [4.78, 5) is 15.1. The van der Waals surface area contributed by atoms with Gasteiger partial charge in [0.15, 0.2) is 11.5 Å². The molecule has 184 valence electrons. The summed E-state index contributed by atoms with van der Waals surface area (Å²) in [6.45, 7) is 13.2. The number of fused-ring (bicyclic) bond motifs is 1. The minimum absolute atomic E-state index is 0.139. The van der Waals surface area contributed by atoms with E-state index in [2.05, 4.69) is 23.7 Å². The molecule has 1 aliphatic heterocycles. The highest BCUT2D eigenvalue weighted by Crippen LogP contribution is 2.46. The van der Waals surface area contributed by atoms with Gasteiger partial charge in [-0.05, 0) is 62.1 Å². The summed E-state index contributed by atoms with van der Waals surface area (Å²) < 4.78 is 11.9. The van der Waals surface area contributed by atoms with E-state index in [1.54, 1.807) is 17.0 Å². The quantitative estimate of drug-likeness (QED) is 0.290. The molecule has 7 nitrogen and oxygen atoms in total. The number of unbranched alkanes of at least 4 members (excludes halogenated alkanes) is 1. The molecule has 3 aromatic rings. The largest absolute Gasteiger partial charge is 0.507 e. The van der Waals surface area contributed by atoms with E-state index in [4.69, 9.17) is 9.47 Å². The third-order valence-corrected chi connectivity index (χ3v) is 6.22. The first-order chi connectivity index (χ1) is 16.9. The van der Waals surface area contributed by atoms with Gasteiger partial charge in [-0.3, -0.25) is 9.89 Å². The van der Waals surface area contributed by atoms with Gasteiger partial charge in [-0.2, -0.15) is 5.10 Å². The molecule has 0 aliphatic carbocycles. The van der Waals surface area contributed by atoms with Crippen LogP contribution in [0.1, 0.15) is 65.5 Å². The Balaban J connectivity index is 1.86. The van der Waals surface area contributed by atoms with Crippen molar-refractivity contribution in [3.63, 3.8) is 0 Å². The fraction of sp³-hybridized carbons (Fsp3) is 0.357. The van der Waals surface area contributed by atoms with Gasteiger partial charge in [0.2, 0.25) is 0 Å². The number of aryl methyl sites for hydroxylation is 2. The molecule has 0 bridgehead atoms. The Morgan fingerprint density at radius 2 is 1.97 bits per heavy atom. The van der Waals surface area contributed by atoms with Crippen LogP contribution in [0.15, 0.2) is 43.0 Å². The topological polar surface area (TPSA) is 87.7 Å². The predicted octanol–water partition coefficient (Wildman–Crippen LogP) is 5.71. The van der Waals surface area contributed by atoms with Crippen molar-refractivity contribution in [1.82, 2.24) is 15.1 Å². The van der Waals surface area contributed by atoms with E-state index in [9.17, 15) is 9.90 Å². The average molecular weight is 476 g/mol. The van der Waals surface area contributed by atoms with Gasteiger partial charge in [0.1, 0.15) is 17.1 Å². The Morgan fingerprint density at radius 3 is 2.66 bits per heavy atom. The van der Waals surface area contributed by atoms with E-state index in [0.717, 1.165) is 35.1 Å². The molecule has 2 N–H and O–H groups in total. The Morgan fingerprint density at radius 1 is 1.17 bits per heavy atom. The number of rotatable bonds is 10. The molecule has 0 radical (unpaired) electrons. The average Bonchev–Trinajstić information content (AvgIpc) is 3.34. The van der Waals surface area contributed by atoms with Crippen molar-refractivity contribution in [2.24, 2.45) is 0 Å². The van der Waals surface area contributed by atoms with Crippen LogP contribution in [0.2, 0.25) is 0 Å². The maximum Gasteiger partial charge on any atom is 0.273 e. The van der Waals surface area contributed by atoms with Crippen molar-refractivity contribution in [2.45, 2.75) is 46.6 Å². The molecule has 2 aromatic carbocycles. The molecule has 1 amide bonds. The molecule has 1 unspecified atom stereocenters. The van der Waals surface area contributed by atoms with Gasteiger partial charge < -0.3 is 19.5 Å². The van der Waals surface area contributed by atoms with Gasteiger partial charge in [-0.25, -0.2) is 0 Å². The first-order valence-corrected chi connectivity index (χ1v) is 12.1. The summed E-state index contributed by atoms with van der Waals surface area (Å²) in [6, 6.07) is 9.09. The zero-order chi connectivity index (χ0) is 25.1. The van der Waals surface area contributed by atoms with Gasteiger partial charge in [-0.1, -0.05) is 31.6 Å². The summed E-state index contributed by atoms with van der Waals surface area (Å²) in [5, 5.41) is 18.2. The Kier molecular flexibility index (Phi) is 7.15. The van der Waals surface area contributed by atoms with Crippen LogP contribution in [0.4, 0.5) is 0 Å². The van der Waals surface area contributed by atoms with Crippen LogP contribution < -0.4 is 9.47 Å². The fourth-order valence-corrected chi connectivity index (χ4v) is 4.72. The van der Waals surface area contributed by atoms with E-state index in [1.165, 1.54) is 0 Å². The second-order valence-electron chi connectivity index (χ2n) is 8.83. The van der Waals surface area contributed by atoms with E-state index in [0.29, 0.717) is 48.2 Å². The number of carbonyl (C=O) groups is 1. The second kappa shape index (κ2) is 10.3. The molecule has 0 saturated heterocycles. The third kappa shape index (κ3) is 4.50. The maximum absolute atomic E-state index is 13.4. The molecular formula is C28H33N3O4. The molecule has 1 aromatic heterocycles. The summed E-state index contributed by atoms with van der Waals surface area (Å²) in [6.07, 6.45) is 3.71. The lowest BCUT2D eigenvalue weighted by molar-refractivity contribution is 0.0764. The highest BCUT2D eigenvalue weighted by atomic mass is 16.5. The molecule has 0 fully saturated rings. The van der Waals surface area contributed by atoms with E-state index >= 15 is 0 Å². The minimum atomic E-state index is -0.423. The number of H-pyrrole nitrogens is 1. The van der Waals surface area contributed by atoms with E-state index in [1.807, 2.05) is 45.0 Å². The lowest BCUT2D eigenvalue weighted by Gasteiger charge is -2.26. The van der Waals surface area contributed by atoms with Crippen LogP contribution in [0, 0.1) is 13.8 Å². The van der Waals surface area contributed by atoms with E-state index in [-0.39, 0.29) is 11.7 Å². The number of ether oxygens (including phenoxy) is 2. The van der Waals surface area contributed by atoms with Crippen molar-refractivity contribution in [3.8, 4) is 28.5 Å². The molecule has 35 heavy (non-hydrogen) atoms. The number of aromatic hydroxyl groups is 1. The van der Waals surface area contributed by atoms with E-state index < -0.39 is 6.04 Å². The lowest BCUT2D eigenvalue weighted by Crippen LogP contribution is -2.29. The number of phenolic OH excluding ortho intramolecular Hbond substituents is 1. The van der Waals surface area contributed by atoms with Crippen molar-refractivity contribution < 1.29 is 19.4 Å². The van der Waals surface area contributed by atoms with Crippen LogP contribution in [-0.2, 0) is 0 Å². The van der Waals surface area contributed by atoms with Gasteiger partial charge in [0, 0.05) is 17.7 Å². The maximum atomic E-state index is 13.4. The summed E-state index contributed by atoms with van der Waals surface area (Å²) in [5.41, 5.74) is 5.07. The molecule has 7 heteroatoms. The zero-order valence-corrected chi connectivity index (χ0v) is 20.9. The van der Waals surface area contributed by atoms with Crippen LogP contribution >= 0.6 is 0 Å². The van der Waals surface area contributed by atoms with Crippen molar-refractivity contribution in [1.29, 1.82) is 0 Å². The summed E-state index contributed by atoms with van der Waals surface area (Å²) >= 11 is 0. The van der Waals surface area contributed by atoms with Crippen LogP contribution in [0.25, 0.3) is 11.3 Å². The molecule has 0 spiro atoms. The molecule has 1 aliphatic rings. The predicted molar refractivity (Wildman–Crippen MR) is 136 cm³/mol. The van der Waals surface area contributed by atoms with Crippen molar-refractivity contribution in [2.75, 3.05) is 19.8 Å². The van der Waals surface area contributed by atoms with Crippen LogP contribution in [0.3, 0.4) is 0 Å². The lowest BCUT2D eigenvalue weighted by atomic mass is 9.93. The number of phenols is 1. The molecule has 4 rings (SSSR count). The standard InChI is InChI=1S/C28H33N3O4/c1-6-9-13-35-21-11-10-19(16-22(21)34-8-3)27-24-25(23-18(5)14-17(4)15-20(23)32)29-30-26(24)28(33)31(27)12-7-2/h7,10-11,14-16,27,32H,2,6,8-9,12-13H2,1,3-5H3,(H,29,30). The first-order valence-electron chi connectivity index (χ1n) is 12.1. The number of hydrogen-bond acceptors (Lipinski definition) is 5. The normalized spacial score (nSPS) is 14.8. The number of nitrogens with one attached hydrogen (secondary N) is 1. The Hall–Kier alpha value is -3.74. The van der Waals surface area contributed by atoms with Gasteiger partial charge in [0.05, 0.1) is 19.3 Å². The Labute approximate surface area is 206 Å². The molecule has 2 heterocycles. The van der Waals surface area contributed by atoms with Crippen molar-refractivity contribution in [3.05, 3.63) is 70.9 Å². The third-order valence-electron chi connectivity index (χ3n) is 6.22. The highest BCUT2D eigenvalue weighted by molar-refractivity contribution is 6.00. The SMILES string of the molecule is C=CCN1C(=O)c2[nH]nc(-c3c(C)cc(C)cc3O)c2C1c1ccc(OCCCC)c(OCC)c1. The number of aromatic nitrogens is 2. The monoisotopic (exact) mass is 475 g/mol. The number of benzene rings is 2. The second-order valence-corrected chi connectivity index (χ2v) is 8.83. The minimum Gasteiger partial charge on any atom is -0.507 e. The number of hydrogen-bond donors (Lipinski definition) is 2. The summed E-state index contributed by atoms with van der Waals surface area (Å²) in [7, 11) is 0. The van der Waals surface area contributed by atoms with Gasteiger partial charge in [-0.15, -0.1) is 6.58 Å². The van der Waals surface area contributed by atoms with Crippen LogP contribution in [-0.4, -0.2) is 45.9 Å². The van der Waals surface area contributed by atoms with Crippen LogP contribution in [0.5, 0.6) is 17.2 Å². The number of carbonyl (C=O) groups excluding carboxylic acids is 1. The zero-order valence-electron chi connectivity index (χ0n) is 20.9. The fourth-order valence-electron chi connectivity index (χ4n) is 4.72. The number of aromatic amines is 1. The molecular weight excluding hydrogens is 442 g/mol.